The number of carbonyl (C=O) groups is 1. The maximum absolute atomic E-state index is 10.9. The van der Waals surface area contributed by atoms with Crippen LogP contribution < -0.4 is 10.0 Å². The lowest BCUT2D eigenvalue weighted by molar-refractivity contribution is -0.119. The van der Waals surface area contributed by atoms with Gasteiger partial charge in [-0.3, -0.25) is 4.79 Å². The van der Waals surface area contributed by atoms with Crippen molar-refractivity contribution in [2.75, 3.05) is 39.0 Å². The van der Waals surface area contributed by atoms with Gasteiger partial charge in [0.25, 0.3) is 0 Å². The maximum atomic E-state index is 10.9. The highest BCUT2D eigenvalue weighted by molar-refractivity contribution is 7.88. The summed E-state index contributed by atoms with van der Waals surface area (Å²) in [6.45, 7) is 5.73. The maximum Gasteiger partial charge on any atom is 0.216 e. The Bertz CT molecular complexity index is 384. The third-order valence-electron chi connectivity index (χ3n) is 3.26. The van der Waals surface area contributed by atoms with Crippen LogP contribution in [0.25, 0.3) is 0 Å². The van der Waals surface area contributed by atoms with E-state index in [0.717, 1.165) is 45.4 Å². The van der Waals surface area contributed by atoms with Crippen LogP contribution in [0.3, 0.4) is 0 Å². The minimum absolute atomic E-state index is 0.0227. The number of carbonyl (C=O) groups excluding carboxylic acids is 1. The summed E-state index contributed by atoms with van der Waals surface area (Å²) in [6, 6.07) is 0. The molecule has 7 heteroatoms. The first-order chi connectivity index (χ1) is 8.87. The molecule has 0 saturated carbocycles. The quantitative estimate of drug-likeness (QED) is 0.635. The summed E-state index contributed by atoms with van der Waals surface area (Å²) in [5.41, 5.74) is 0. The molecule has 0 aromatic heterocycles. The largest absolute Gasteiger partial charge is 0.356 e. The fourth-order valence-electron chi connectivity index (χ4n) is 2.37. The fraction of sp³-hybridized carbons (Fsp3) is 0.917. The van der Waals surface area contributed by atoms with Gasteiger partial charge in [0, 0.05) is 26.6 Å². The van der Waals surface area contributed by atoms with E-state index in [2.05, 4.69) is 14.9 Å². The Labute approximate surface area is 116 Å². The van der Waals surface area contributed by atoms with Gasteiger partial charge in [-0.2, -0.15) is 0 Å². The third-order valence-corrected chi connectivity index (χ3v) is 3.99. The minimum atomic E-state index is -3.07. The molecule has 0 bridgehead atoms. The van der Waals surface area contributed by atoms with Gasteiger partial charge in [0.2, 0.25) is 15.9 Å². The summed E-state index contributed by atoms with van der Waals surface area (Å²) in [6.07, 6.45) is 4.29. The number of nitrogens with one attached hydrogen (secondary N) is 2. The van der Waals surface area contributed by atoms with Crippen molar-refractivity contribution in [2.45, 2.75) is 26.2 Å². The number of hydrogen-bond acceptors (Lipinski definition) is 4. The number of sulfonamides is 1. The molecule has 1 unspecified atom stereocenters. The Morgan fingerprint density at radius 3 is 2.79 bits per heavy atom. The Morgan fingerprint density at radius 2 is 2.16 bits per heavy atom. The molecule has 1 fully saturated rings. The van der Waals surface area contributed by atoms with Gasteiger partial charge in [0.15, 0.2) is 0 Å². The summed E-state index contributed by atoms with van der Waals surface area (Å²) in [5.74, 6) is 0.537. The standard InChI is InChI=1S/C12H25N3O3S/c1-11(16)13-9-12-5-3-7-15(10-12)8-4-6-14-19(2,17)18/h12,14H,3-10H2,1-2H3,(H,13,16). The Balaban J connectivity index is 2.18. The molecule has 1 rings (SSSR count). The average molecular weight is 291 g/mol. The second-order valence-electron chi connectivity index (χ2n) is 5.27. The molecule has 1 aliphatic heterocycles. The lowest BCUT2D eigenvalue weighted by Crippen LogP contribution is -2.41. The normalized spacial score (nSPS) is 21.3. The summed E-state index contributed by atoms with van der Waals surface area (Å²) in [7, 11) is -3.07. The van der Waals surface area contributed by atoms with Crippen LogP contribution in [0.4, 0.5) is 0 Å². The lowest BCUT2D eigenvalue weighted by atomic mass is 9.98. The van der Waals surface area contributed by atoms with Gasteiger partial charge >= 0.3 is 0 Å². The van der Waals surface area contributed by atoms with Crippen molar-refractivity contribution < 1.29 is 13.2 Å². The SMILES string of the molecule is CC(=O)NCC1CCCN(CCCNS(C)(=O)=O)C1. The minimum Gasteiger partial charge on any atom is -0.356 e. The molecule has 1 amide bonds. The highest BCUT2D eigenvalue weighted by Gasteiger charge is 2.19. The van der Waals surface area contributed by atoms with Crippen LogP contribution in [-0.4, -0.2) is 58.2 Å². The van der Waals surface area contributed by atoms with Crippen molar-refractivity contribution >= 4 is 15.9 Å². The van der Waals surface area contributed by atoms with Crippen LogP contribution in [0.5, 0.6) is 0 Å². The van der Waals surface area contributed by atoms with Crippen molar-refractivity contribution in [3.8, 4) is 0 Å². The first-order valence-electron chi connectivity index (χ1n) is 6.78. The molecule has 1 saturated heterocycles. The van der Waals surface area contributed by atoms with Crippen molar-refractivity contribution in [2.24, 2.45) is 5.92 Å². The van der Waals surface area contributed by atoms with E-state index >= 15 is 0 Å². The fourth-order valence-corrected chi connectivity index (χ4v) is 2.88. The third kappa shape index (κ3) is 8.18. The first kappa shape index (κ1) is 16.4. The number of amides is 1. The van der Waals surface area contributed by atoms with Crippen LogP contribution in [0.1, 0.15) is 26.2 Å². The van der Waals surface area contributed by atoms with E-state index in [-0.39, 0.29) is 5.91 Å². The molecule has 1 atom stereocenters. The highest BCUT2D eigenvalue weighted by Crippen LogP contribution is 2.15. The van der Waals surface area contributed by atoms with Crippen molar-refractivity contribution in [3.05, 3.63) is 0 Å². The van der Waals surface area contributed by atoms with Crippen molar-refractivity contribution in [1.82, 2.24) is 14.9 Å². The smallest absolute Gasteiger partial charge is 0.216 e. The Hall–Kier alpha value is -0.660. The summed E-state index contributed by atoms with van der Waals surface area (Å²) >= 11 is 0. The highest BCUT2D eigenvalue weighted by atomic mass is 32.2. The number of likely N-dealkylation sites (tertiary alicyclic amines) is 1. The molecule has 2 N–H and O–H groups in total. The van der Waals surface area contributed by atoms with E-state index < -0.39 is 10.0 Å². The van der Waals surface area contributed by atoms with E-state index in [1.807, 2.05) is 0 Å². The number of piperidine rings is 1. The molecule has 0 aromatic carbocycles. The van der Waals surface area contributed by atoms with Crippen LogP contribution in [0, 0.1) is 5.92 Å². The van der Waals surface area contributed by atoms with E-state index in [9.17, 15) is 13.2 Å². The monoisotopic (exact) mass is 291 g/mol. The summed E-state index contributed by atoms with van der Waals surface area (Å²) < 4.78 is 24.3. The molecule has 112 valence electrons. The van der Waals surface area contributed by atoms with Crippen molar-refractivity contribution in [1.29, 1.82) is 0 Å². The molecular formula is C12H25N3O3S. The van der Waals surface area contributed by atoms with E-state index in [4.69, 9.17) is 0 Å². The van der Waals surface area contributed by atoms with Crippen LogP contribution in [0.15, 0.2) is 0 Å². The van der Waals surface area contributed by atoms with Gasteiger partial charge in [0.05, 0.1) is 6.26 Å². The lowest BCUT2D eigenvalue weighted by Gasteiger charge is -2.32. The van der Waals surface area contributed by atoms with Crippen LogP contribution >= 0.6 is 0 Å². The number of nitrogens with zero attached hydrogens (tertiary/aromatic N) is 1. The zero-order valence-electron chi connectivity index (χ0n) is 11.8. The first-order valence-corrected chi connectivity index (χ1v) is 8.67. The number of hydrogen-bond donors (Lipinski definition) is 2. The van der Waals surface area contributed by atoms with Gasteiger partial charge in [-0.05, 0) is 38.3 Å². The van der Waals surface area contributed by atoms with Gasteiger partial charge in [-0.1, -0.05) is 0 Å². The summed E-state index contributed by atoms with van der Waals surface area (Å²) in [5, 5.41) is 2.87. The van der Waals surface area contributed by atoms with Gasteiger partial charge < -0.3 is 10.2 Å². The number of rotatable bonds is 7. The molecule has 1 aliphatic rings. The molecule has 6 nitrogen and oxygen atoms in total. The molecule has 0 spiro atoms. The molecule has 0 aromatic rings. The van der Waals surface area contributed by atoms with Gasteiger partial charge in [0.1, 0.15) is 0 Å². The molecule has 0 radical (unpaired) electrons. The molecular weight excluding hydrogens is 266 g/mol. The second-order valence-corrected chi connectivity index (χ2v) is 7.10. The van der Waals surface area contributed by atoms with E-state index in [1.165, 1.54) is 13.2 Å². The summed E-state index contributed by atoms with van der Waals surface area (Å²) in [4.78, 5) is 13.2. The van der Waals surface area contributed by atoms with E-state index in [0.29, 0.717) is 12.5 Å². The predicted octanol–water partition coefficient (Wildman–Crippen LogP) is -0.226. The average Bonchev–Trinajstić information content (AvgIpc) is 2.32. The molecule has 1 heterocycles. The Kier molecular flexibility index (Phi) is 6.74. The second kappa shape index (κ2) is 7.81. The van der Waals surface area contributed by atoms with E-state index in [1.54, 1.807) is 0 Å². The van der Waals surface area contributed by atoms with Gasteiger partial charge in [-0.25, -0.2) is 13.1 Å². The topological polar surface area (TPSA) is 78.5 Å². The Morgan fingerprint density at radius 1 is 1.42 bits per heavy atom. The zero-order chi connectivity index (χ0) is 14.3. The van der Waals surface area contributed by atoms with Crippen LogP contribution in [-0.2, 0) is 14.8 Å². The molecule has 19 heavy (non-hydrogen) atoms. The predicted molar refractivity (Wildman–Crippen MR) is 75.3 cm³/mol. The van der Waals surface area contributed by atoms with Crippen LogP contribution in [0.2, 0.25) is 0 Å². The van der Waals surface area contributed by atoms with Gasteiger partial charge in [-0.15, -0.1) is 0 Å². The zero-order valence-corrected chi connectivity index (χ0v) is 12.6. The van der Waals surface area contributed by atoms with Crippen molar-refractivity contribution in [3.63, 3.8) is 0 Å². The molecule has 0 aliphatic carbocycles.